The van der Waals surface area contributed by atoms with Crippen molar-refractivity contribution >= 4 is 11.7 Å². The number of carbonyl (C=O) groups excluding carboxylic acids is 1. The van der Waals surface area contributed by atoms with E-state index < -0.39 is 17.9 Å². The topological polar surface area (TPSA) is 68.0 Å². The molecule has 4 nitrogen and oxygen atoms in total. The molecule has 0 unspecified atom stereocenters. The number of hydrogen-bond donors (Lipinski definition) is 2. The number of rotatable bonds is 2. The second kappa shape index (κ2) is 5.20. The molecule has 1 heterocycles. The Morgan fingerprint density at radius 3 is 2.45 bits per heavy atom. The van der Waals surface area contributed by atoms with Gasteiger partial charge in [-0.1, -0.05) is 18.2 Å². The van der Waals surface area contributed by atoms with Gasteiger partial charge in [-0.15, -0.1) is 0 Å². The average Bonchev–Trinajstić information content (AvgIpc) is 2.37. The molecule has 0 saturated heterocycles. The second-order valence-electron chi connectivity index (χ2n) is 4.00. The number of anilines is 1. The fourth-order valence-electron chi connectivity index (χ4n) is 1.65. The molecule has 0 aliphatic rings. The number of nitrogens with zero attached hydrogens (tertiary/aromatic N) is 1. The fourth-order valence-corrected chi connectivity index (χ4v) is 1.65. The van der Waals surface area contributed by atoms with Crippen molar-refractivity contribution in [1.82, 2.24) is 4.98 Å². The first-order chi connectivity index (χ1) is 9.36. The van der Waals surface area contributed by atoms with Crippen LogP contribution in [0.25, 0.3) is 11.1 Å². The van der Waals surface area contributed by atoms with Crippen molar-refractivity contribution in [2.75, 3.05) is 5.32 Å². The third-order valence-electron chi connectivity index (χ3n) is 2.52. The standard InChI is InChI=1S/C13H10F3N3O/c14-13(15,16)11-5-4-9(7-18-11)8-2-1-3-10(6-8)19-12(17)20/h1-7H,(H3,17,19,20). The summed E-state index contributed by atoms with van der Waals surface area (Å²) in [5.41, 5.74) is 5.62. The molecule has 0 atom stereocenters. The summed E-state index contributed by atoms with van der Waals surface area (Å²) in [5.74, 6) is 0. The van der Waals surface area contributed by atoms with Crippen molar-refractivity contribution in [2.24, 2.45) is 5.73 Å². The highest BCUT2D eigenvalue weighted by Gasteiger charge is 2.32. The van der Waals surface area contributed by atoms with Crippen LogP contribution in [0.3, 0.4) is 0 Å². The molecule has 0 spiro atoms. The summed E-state index contributed by atoms with van der Waals surface area (Å²) >= 11 is 0. The maximum absolute atomic E-state index is 12.4. The predicted octanol–water partition coefficient (Wildman–Crippen LogP) is 3.26. The first-order valence-electron chi connectivity index (χ1n) is 5.56. The monoisotopic (exact) mass is 281 g/mol. The number of alkyl halides is 3. The van der Waals surface area contributed by atoms with Crippen molar-refractivity contribution in [2.45, 2.75) is 6.18 Å². The lowest BCUT2D eigenvalue weighted by Crippen LogP contribution is -2.19. The van der Waals surface area contributed by atoms with Gasteiger partial charge in [0, 0.05) is 17.4 Å². The van der Waals surface area contributed by atoms with Gasteiger partial charge in [0.25, 0.3) is 0 Å². The van der Waals surface area contributed by atoms with Crippen LogP contribution < -0.4 is 11.1 Å². The number of benzene rings is 1. The van der Waals surface area contributed by atoms with E-state index in [0.29, 0.717) is 16.8 Å². The average molecular weight is 281 g/mol. The molecule has 2 rings (SSSR count). The number of primary amides is 1. The molecule has 0 aliphatic heterocycles. The number of urea groups is 1. The Kier molecular flexibility index (Phi) is 3.60. The van der Waals surface area contributed by atoms with Gasteiger partial charge in [-0.3, -0.25) is 4.98 Å². The van der Waals surface area contributed by atoms with Gasteiger partial charge in [-0.2, -0.15) is 13.2 Å². The zero-order valence-corrected chi connectivity index (χ0v) is 10.1. The number of halogens is 3. The van der Waals surface area contributed by atoms with E-state index in [9.17, 15) is 18.0 Å². The van der Waals surface area contributed by atoms with Crippen molar-refractivity contribution in [3.8, 4) is 11.1 Å². The van der Waals surface area contributed by atoms with Crippen LogP contribution in [0.4, 0.5) is 23.7 Å². The second-order valence-corrected chi connectivity index (χ2v) is 4.00. The zero-order valence-electron chi connectivity index (χ0n) is 10.1. The van der Waals surface area contributed by atoms with Gasteiger partial charge in [0.15, 0.2) is 0 Å². The van der Waals surface area contributed by atoms with Crippen LogP contribution in [0.5, 0.6) is 0 Å². The first kappa shape index (κ1) is 13.9. The molecule has 2 amide bonds. The molecule has 0 fully saturated rings. The summed E-state index contributed by atoms with van der Waals surface area (Å²) in [5, 5.41) is 2.39. The molecule has 2 aromatic rings. The number of hydrogen-bond acceptors (Lipinski definition) is 2. The molecule has 1 aromatic heterocycles. The maximum Gasteiger partial charge on any atom is 0.433 e. The Hall–Kier alpha value is -2.57. The van der Waals surface area contributed by atoms with Crippen molar-refractivity contribution < 1.29 is 18.0 Å². The molecule has 3 N–H and O–H groups in total. The molecular weight excluding hydrogens is 271 g/mol. The van der Waals surface area contributed by atoms with E-state index in [0.717, 1.165) is 12.3 Å². The molecule has 0 aliphatic carbocycles. The van der Waals surface area contributed by atoms with E-state index in [2.05, 4.69) is 10.3 Å². The van der Waals surface area contributed by atoms with Crippen molar-refractivity contribution in [3.05, 3.63) is 48.3 Å². The van der Waals surface area contributed by atoms with Crippen molar-refractivity contribution in [1.29, 1.82) is 0 Å². The smallest absolute Gasteiger partial charge is 0.351 e. The largest absolute Gasteiger partial charge is 0.433 e. The minimum absolute atomic E-state index is 0.454. The Labute approximate surface area is 112 Å². The third kappa shape index (κ3) is 3.25. The van der Waals surface area contributed by atoms with E-state index in [1.165, 1.54) is 6.07 Å². The van der Waals surface area contributed by atoms with Crippen LogP contribution in [0.2, 0.25) is 0 Å². The molecule has 7 heteroatoms. The van der Waals surface area contributed by atoms with Gasteiger partial charge in [0.2, 0.25) is 0 Å². The summed E-state index contributed by atoms with van der Waals surface area (Å²) in [6.07, 6.45) is -3.33. The van der Waals surface area contributed by atoms with E-state index in [4.69, 9.17) is 5.73 Å². The number of aromatic nitrogens is 1. The third-order valence-corrected chi connectivity index (χ3v) is 2.52. The lowest BCUT2D eigenvalue weighted by Gasteiger charge is -2.08. The molecule has 0 radical (unpaired) electrons. The number of amides is 2. The predicted molar refractivity (Wildman–Crippen MR) is 67.9 cm³/mol. The van der Waals surface area contributed by atoms with Gasteiger partial charge >= 0.3 is 12.2 Å². The highest BCUT2D eigenvalue weighted by Crippen LogP contribution is 2.29. The maximum atomic E-state index is 12.4. The number of nitrogens with one attached hydrogen (secondary N) is 1. The Bertz CT molecular complexity index is 624. The van der Waals surface area contributed by atoms with Crippen LogP contribution in [0, 0.1) is 0 Å². The van der Waals surface area contributed by atoms with Crippen LogP contribution in [0.1, 0.15) is 5.69 Å². The Balaban J connectivity index is 2.30. The van der Waals surface area contributed by atoms with Gasteiger partial charge < -0.3 is 11.1 Å². The van der Waals surface area contributed by atoms with Crippen molar-refractivity contribution in [3.63, 3.8) is 0 Å². The quantitative estimate of drug-likeness (QED) is 0.887. The van der Waals surface area contributed by atoms with Gasteiger partial charge in [0.05, 0.1) is 0 Å². The highest BCUT2D eigenvalue weighted by atomic mass is 19.4. The van der Waals surface area contributed by atoms with Gasteiger partial charge in [0.1, 0.15) is 5.69 Å². The Morgan fingerprint density at radius 2 is 1.90 bits per heavy atom. The molecule has 0 saturated carbocycles. The van der Waals surface area contributed by atoms with E-state index in [1.807, 2.05) is 0 Å². The van der Waals surface area contributed by atoms with Gasteiger partial charge in [-0.25, -0.2) is 4.79 Å². The molecule has 1 aromatic carbocycles. The van der Waals surface area contributed by atoms with Gasteiger partial charge in [-0.05, 0) is 23.8 Å². The van der Waals surface area contributed by atoms with E-state index in [-0.39, 0.29) is 0 Å². The van der Waals surface area contributed by atoms with Crippen LogP contribution in [0.15, 0.2) is 42.6 Å². The Morgan fingerprint density at radius 1 is 1.15 bits per heavy atom. The SMILES string of the molecule is NC(=O)Nc1cccc(-c2ccc(C(F)(F)F)nc2)c1. The molecule has 104 valence electrons. The van der Waals surface area contributed by atoms with E-state index >= 15 is 0 Å². The normalized spacial score (nSPS) is 11.2. The van der Waals surface area contributed by atoms with Crippen LogP contribution in [-0.2, 0) is 6.18 Å². The number of pyridine rings is 1. The summed E-state index contributed by atoms with van der Waals surface area (Å²) in [7, 11) is 0. The summed E-state index contributed by atoms with van der Waals surface area (Å²) in [6.45, 7) is 0. The van der Waals surface area contributed by atoms with Crippen LogP contribution >= 0.6 is 0 Å². The highest BCUT2D eigenvalue weighted by molar-refractivity contribution is 5.88. The van der Waals surface area contributed by atoms with Crippen LogP contribution in [-0.4, -0.2) is 11.0 Å². The lowest BCUT2D eigenvalue weighted by molar-refractivity contribution is -0.141. The number of carbonyl (C=O) groups is 1. The summed E-state index contributed by atoms with van der Waals surface area (Å²) in [6, 6.07) is 8.06. The minimum Gasteiger partial charge on any atom is -0.351 e. The molecule has 0 bridgehead atoms. The zero-order chi connectivity index (χ0) is 14.8. The molecular formula is C13H10F3N3O. The number of nitrogens with two attached hydrogens (primary N) is 1. The fraction of sp³-hybridized carbons (Fsp3) is 0.0769. The summed E-state index contributed by atoms with van der Waals surface area (Å²) in [4.78, 5) is 14.1. The molecule has 20 heavy (non-hydrogen) atoms. The minimum atomic E-state index is -4.46. The lowest BCUT2D eigenvalue weighted by atomic mass is 10.1. The first-order valence-corrected chi connectivity index (χ1v) is 5.56. The van der Waals surface area contributed by atoms with E-state index in [1.54, 1.807) is 24.3 Å². The summed E-state index contributed by atoms with van der Waals surface area (Å²) < 4.78 is 37.2.